The number of carbonyl (C=O) groups excluding carboxylic acids is 1. The molecule has 5 aromatic carbocycles. The van der Waals surface area contributed by atoms with Crippen LogP contribution in [0.5, 0.6) is 11.5 Å². The molecule has 5 nitrogen and oxygen atoms in total. The van der Waals surface area contributed by atoms with Crippen LogP contribution < -0.4 is 4.74 Å². The molecule has 0 aliphatic heterocycles. The number of hydrogen-bond acceptors (Lipinski definition) is 4. The molecular weight excluding hydrogens is 462 g/mol. The van der Waals surface area contributed by atoms with Gasteiger partial charge in [-0.2, -0.15) is 0 Å². The second-order valence-corrected chi connectivity index (χ2v) is 8.88. The molecule has 0 saturated carbocycles. The Hall–Kier alpha value is -4.77. The number of methoxy groups -OCH3 is 1. The van der Waals surface area contributed by atoms with Crippen molar-refractivity contribution in [2.24, 2.45) is 0 Å². The van der Waals surface area contributed by atoms with Gasteiger partial charge in [-0.1, -0.05) is 54.6 Å². The summed E-state index contributed by atoms with van der Waals surface area (Å²) in [4.78, 5) is 13.5. The van der Waals surface area contributed by atoms with E-state index in [9.17, 15) is 9.90 Å². The fourth-order valence-corrected chi connectivity index (χ4v) is 5.13. The van der Waals surface area contributed by atoms with Gasteiger partial charge >= 0.3 is 5.97 Å². The number of aromatic nitrogens is 1. The minimum Gasteiger partial charge on any atom is -0.507 e. The lowest BCUT2D eigenvalue weighted by atomic mass is 9.99. The van der Waals surface area contributed by atoms with Crippen molar-refractivity contribution < 1.29 is 19.4 Å². The van der Waals surface area contributed by atoms with Gasteiger partial charge in [0.1, 0.15) is 11.5 Å². The molecule has 0 spiro atoms. The highest BCUT2D eigenvalue weighted by Gasteiger charge is 2.28. The molecule has 182 valence electrons. The van der Waals surface area contributed by atoms with E-state index in [0.29, 0.717) is 22.0 Å². The van der Waals surface area contributed by atoms with Crippen LogP contribution in [0.25, 0.3) is 49.4 Å². The second kappa shape index (κ2) is 9.03. The Kier molecular flexibility index (Phi) is 5.53. The molecule has 1 N–H and O–H groups in total. The van der Waals surface area contributed by atoms with E-state index in [1.807, 2.05) is 78.9 Å². The van der Waals surface area contributed by atoms with Crippen molar-refractivity contribution >= 4 is 38.4 Å². The highest BCUT2D eigenvalue weighted by atomic mass is 16.5. The van der Waals surface area contributed by atoms with Gasteiger partial charge in [0.15, 0.2) is 0 Å². The molecule has 0 amide bonds. The number of benzene rings is 5. The number of hydrogen-bond donors (Lipinski definition) is 1. The maximum Gasteiger partial charge on any atom is 0.340 e. The SMILES string of the molecule is CCOC(=O)c1c(-c2ccccc2)n(-c2ccc(OC)cc2)c2c1cc(O)c1cc3ccccc3cc12. The van der Waals surface area contributed by atoms with Crippen LogP contribution in [-0.4, -0.2) is 29.4 Å². The van der Waals surface area contributed by atoms with Crippen LogP contribution in [0.1, 0.15) is 17.3 Å². The Balaban J connectivity index is 1.85. The average Bonchev–Trinajstić information content (AvgIpc) is 3.28. The van der Waals surface area contributed by atoms with E-state index in [4.69, 9.17) is 9.47 Å². The summed E-state index contributed by atoms with van der Waals surface area (Å²) < 4.78 is 13.0. The monoisotopic (exact) mass is 487 g/mol. The third-order valence-corrected chi connectivity index (χ3v) is 6.76. The van der Waals surface area contributed by atoms with Gasteiger partial charge in [-0.3, -0.25) is 0 Å². The Morgan fingerprint density at radius 1 is 0.811 bits per heavy atom. The quantitative estimate of drug-likeness (QED) is 0.202. The van der Waals surface area contributed by atoms with Crippen LogP contribution in [0, 0.1) is 0 Å². The molecule has 1 aromatic heterocycles. The largest absolute Gasteiger partial charge is 0.507 e. The number of aromatic hydroxyl groups is 1. The topological polar surface area (TPSA) is 60.7 Å². The van der Waals surface area contributed by atoms with E-state index in [1.165, 1.54) is 0 Å². The molecule has 6 rings (SSSR count). The van der Waals surface area contributed by atoms with Crippen molar-refractivity contribution in [1.29, 1.82) is 0 Å². The fourth-order valence-electron chi connectivity index (χ4n) is 5.13. The number of rotatable bonds is 5. The van der Waals surface area contributed by atoms with Crippen molar-refractivity contribution in [3.63, 3.8) is 0 Å². The summed E-state index contributed by atoms with van der Waals surface area (Å²) in [6.45, 7) is 2.04. The van der Waals surface area contributed by atoms with Crippen molar-refractivity contribution in [3.05, 3.63) is 103 Å². The number of phenolic OH excluding ortho intramolecular Hbond substituents is 1. The van der Waals surface area contributed by atoms with Crippen LogP contribution in [0.15, 0.2) is 97.1 Å². The molecule has 5 heteroatoms. The van der Waals surface area contributed by atoms with E-state index in [-0.39, 0.29) is 12.4 Å². The Bertz CT molecular complexity index is 1780. The molecule has 0 aliphatic rings. The highest BCUT2D eigenvalue weighted by Crippen LogP contribution is 2.44. The lowest BCUT2D eigenvalue weighted by molar-refractivity contribution is 0.0529. The zero-order chi connectivity index (χ0) is 25.5. The smallest absolute Gasteiger partial charge is 0.340 e. The first-order valence-corrected chi connectivity index (χ1v) is 12.2. The van der Waals surface area contributed by atoms with Crippen LogP contribution in [0.2, 0.25) is 0 Å². The molecule has 0 saturated heterocycles. The first kappa shape index (κ1) is 22.7. The molecule has 1 heterocycles. The lowest BCUT2D eigenvalue weighted by Crippen LogP contribution is -2.07. The third kappa shape index (κ3) is 3.67. The second-order valence-electron chi connectivity index (χ2n) is 8.88. The Labute approximate surface area is 214 Å². The molecule has 0 atom stereocenters. The first-order chi connectivity index (χ1) is 18.1. The number of carbonyl (C=O) groups is 1. The van der Waals surface area contributed by atoms with Crippen LogP contribution >= 0.6 is 0 Å². The van der Waals surface area contributed by atoms with E-state index < -0.39 is 5.97 Å². The van der Waals surface area contributed by atoms with Crippen molar-refractivity contribution in [3.8, 4) is 28.4 Å². The van der Waals surface area contributed by atoms with Gasteiger partial charge < -0.3 is 19.1 Å². The van der Waals surface area contributed by atoms with Gasteiger partial charge in [-0.25, -0.2) is 4.79 Å². The summed E-state index contributed by atoms with van der Waals surface area (Å²) in [7, 11) is 1.63. The molecular formula is C32H25NO4. The number of nitrogens with zero attached hydrogens (tertiary/aromatic N) is 1. The standard InChI is InChI=1S/C32H25NO4/c1-3-37-32(35)29-27-19-28(34)25-17-21-11-7-8-12-22(21)18-26(25)31(27)33(23-13-15-24(36-2)16-14-23)30(29)20-9-5-4-6-10-20/h4-19,34H,3H2,1-2H3. The number of phenols is 1. The zero-order valence-electron chi connectivity index (χ0n) is 20.6. The van der Waals surface area contributed by atoms with Gasteiger partial charge in [0.2, 0.25) is 0 Å². The van der Waals surface area contributed by atoms with Gasteiger partial charge in [0.25, 0.3) is 0 Å². The summed E-state index contributed by atoms with van der Waals surface area (Å²) in [6.07, 6.45) is 0. The predicted molar refractivity (Wildman–Crippen MR) is 148 cm³/mol. The van der Waals surface area contributed by atoms with Crippen LogP contribution in [-0.2, 0) is 4.74 Å². The van der Waals surface area contributed by atoms with E-state index in [2.05, 4.69) is 16.7 Å². The molecule has 0 unspecified atom stereocenters. The van der Waals surface area contributed by atoms with E-state index in [1.54, 1.807) is 20.1 Å². The average molecular weight is 488 g/mol. The minimum absolute atomic E-state index is 0.116. The number of esters is 1. The van der Waals surface area contributed by atoms with Crippen molar-refractivity contribution in [2.45, 2.75) is 6.92 Å². The minimum atomic E-state index is -0.432. The van der Waals surface area contributed by atoms with Crippen molar-refractivity contribution in [1.82, 2.24) is 4.57 Å². The maximum atomic E-state index is 13.5. The molecule has 0 aliphatic carbocycles. The van der Waals surface area contributed by atoms with Gasteiger partial charge in [0, 0.05) is 21.8 Å². The zero-order valence-corrected chi connectivity index (χ0v) is 20.6. The maximum absolute atomic E-state index is 13.5. The Morgan fingerprint density at radius 2 is 1.46 bits per heavy atom. The summed E-state index contributed by atoms with van der Waals surface area (Å²) >= 11 is 0. The number of ether oxygens (including phenoxy) is 2. The fraction of sp³-hybridized carbons (Fsp3) is 0.0938. The summed E-state index contributed by atoms with van der Waals surface area (Å²) in [6, 6.07) is 31.4. The summed E-state index contributed by atoms with van der Waals surface area (Å²) in [5.74, 6) is 0.420. The first-order valence-electron chi connectivity index (χ1n) is 12.2. The Morgan fingerprint density at radius 3 is 2.11 bits per heavy atom. The lowest BCUT2D eigenvalue weighted by Gasteiger charge is -2.15. The van der Waals surface area contributed by atoms with Crippen LogP contribution in [0.3, 0.4) is 0 Å². The van der Waals surface area contributed by atoms with Gasteiger partial charge in [0.05, 0.1) is 30.5 Å². The summed E-state index contributed by atoms with van der Waals surface area (Å²) in [5, 5.41) is 15.5. The molecule has 0 fully saturated rings. The third-order valence-electron chi connectivity index (χ3n) is 6.76. The van der Waals surface area contributed by atoms with Crippen LogP contribution in [0.4, 0.5) is 0 Å². The predicted octanol–water partition coefficient (Wildman–Crippen LogP) is 7.49. The highest BCUT2D eigenvalue weighted by molar-refractivity contribution is 6.21. The van der Waals surface area contributed by atoms with E-state index in [0.717, 1.165) is 38.7 Å². The number of fused-ring (bicyclic) bond motifs is 4. The van der Waals surface area contributed by atoms with E-state index >= 15 is 0 Å². The molecule has 0 radical (unpaired) electrons. The molecule has 37 heavy (non-hydrogen) atoms. The van der Waals surface area contributed by atoms with Gasteiger partial charge in [-0.15, -0.1) is 0 Å². The normalized spacial score (nSPS) is 11.3. The van der Waals surface area contributed by atoms with Crippen molar-refractivity contribution in [2.75, 3.05) is 13.7 Å². The van der Waals surface area contributed by atoms with Gasteiger partial charge in [-0.05, 0) is 65.7 Å². The summed E-state index contributed by atoms with van der Waals surface area (Å²) in [5.41, 5.74) is 3.68. The molecule has 0 bridgehead atoms. The molecule has 6 aromatic rings.